The fourth-order valence-electron chi connectivity index (χ4n) is 2.48. The lowest BCUT2D eigenvalue weighted by Crippen LogP contribution is -2.28. The van der Waals surface area contributed by atoms with E-state index in [1.165, 1.54) is 22.7 Å². The summed E-state index contributed by atoms with van der Waals surface area (Å²) in [5.74, 6) is -0.218. The first-order chi connectivity index (χ1) is 12.4. The van der Waals surface area contributed by atoms with Gasteiger partial charge in [0, 0.05) is 25.7 Å². The SMILES string of the molecule is CN(CCCC(=O)Nc1ccc2[nH]c(=O)[nH]c2c1)S(=O)(=O)c1cccs1. The lowest BCUT2D eigenvalue weighted by Gasteiger charge is -2.15. The molecule has 3 rings (SSSR count). The fourth-order valence-corrected chi connectivity index (χ4v) is 4.89. The number of carbonyl (C=O) groups is 1. The number of sulfonamides is 1. The molecule has 0 bridgehead atoms. The second-order valence-corrected chi connectivity index (χ2v) is 8.97. The standard InChI is InChI=1S/C16H18N4O4S2/c1-20(26(23,24)15-5-3-9-25-15)8-2-4-14(21)17-11-6-7-12-13(10-11)19-16(22)18-12/h3,5-7,9-10H,2,4,8H2,1H3,(H,17,21)(H2,18,19,22). The molecule has 0 aliphatic carbocycles. The Bertz CT molecular complexity index is 1070. The Kier molecular flexibility index (Phi) is 5.25. The van der Waals surface area contributed by atoms with E-state index in [1.807, 2.05) is 0 Å². The van der Waals surface area contributed by atoms with Gasteiger partial charge in [0.2, 0.25) is 5.91 Å². The highest BCUT2D eigenvalue weighted by molar-refractivity contribution is 7.91. The maximum atomic E-state index is 12.3. The number of hydrogen-bond acceptors (Lipinski definition) is 5. The first-order valence-electron chi connectivity index (χ1n) is 7.88. The summed E-state index contributed by atoms with van der Waals surface area (Å²) in [4.78, 5) is 28.6. The number of rotatable bonds is 7. The Morgan fingerprint density at radius 1 is 1.23 bits per heavy atom. The highest BCUT2D eigenvalue weighted by atomic mass is 32.2. The number of benzene rings is 1. The van der Waals surface area contributed by atoms with Crippen LogP contribution in [0, 0.1) is 0 Å². The molecule has 2 aromatic heterocycles. The molecule has 0 spiro atoms. The molecule has 8 nitrogen and oxygen atoms in total. The zero-order valence-electron chi connectivity index (χ0n) is 14.0. The molecule has 0 saturated carbocycles. The van der Waals surface area contributed by atoms with Crippen LogP contribution in [0.5, 0.6) is 0 Å². The van der Waals surface area contributed by atoms with E-state index in [2.05, 4.69) is 15.3 Å². The molecule has 3 aromatic rings. The Morgan fingerprint density at radius 3 is 2.73 bits per heavy atom. The number of thiophene rings is 1. The fraction of sp³-hybridized carbons (Fsp3) is 0.250. The summed E-state index contributed by atoms with van der Waals surface area (Å²) >= 11 is 1.17. The molecule has 0 aliphatic heterocycles. The lowest BCUT2D eigenvalue weighted by molar-refractivity contribution is -0.116. The number of aromatic amines is 2. The van der Waals surface area contributed by atoms with Crippen molar-refractivity contribution < 1.29 is 13.2 Å². The molecule has 10 heteroatoms. The van der Waals surface area contributed by atoms with Crippen molar-refractivity contribution in [3.8, 4) is 0 Å². The van der Waals surface area contributed by atoms with Crippen LogP contribution in [0.3, 0.4) is 0 Å². The van der Waals surface area contributed by atoms with Crippen molar-refractivity contribution in [3.05, 3.63) is 46.2 Å². The van der Waals surface area contributed by atoms with Gasteiger partial charge in [-0.25, -0.2) is 17.5 Å². The molecule has 26 heavy (non-hydrogen) atoms. The monoisotopic (exact) mass is 394 g/mol. The van der Waals surface area contributed by atoms with Gasteiger partial charge >= 0.3 is 5.69 Å². The van der Waals surface area contributed by atoms with Gasteiger partial charge in [0.1, 0.15) is 4.21 Å². The van der Waals surface area contributed by atoms with Crippen molar-refractivity contribution in [2.75, 3.05) is 18.9 Å². The summed E-state index contributed by atoms with van der Waals surface area (Å²) in [7, 11) is -1.99. The van der Waals surface area contributed by atoms with Crippen LogP contribution in [0.15, 0.2) is 44.7 Å². The Hall–Kier alpha value is -2.43. The maximum Gasteiger partial charge on any atom is 0.323 e. The smallest absolute Gasteiger partial charge is 0.323 e. The zero-order chi connectivity index (χ0) is 18.7. The first kappa shape index (κ1) is 18.4. The van der Waals surface area contributed by atoms with Crippen LogP contribution in [-0.4, -0.2) is 42.2 Å². The molecule has 138 valence electrons. The number of nitrogens with one attached hydrogen (secondary N) is 3. The molecule has 0 aliphatic rings. The van der Waals surface area contributed by atoms with Gasteiger partial charge < -0.3 is 15.3 Å². The second-order valence-electron chi connectivity index (χ2n) is 5.75. The average Bonchev–Trinajstić information content (AvgIpc) is 3.23. The third-order valence-corrected chi connectivity index (χ3v) is 7.07. The van der Waals surface area contributed by atoms with E-state index in [1.54, 1.807) is 35.7 Å². The summed E-state index contributed by atoms with van der Waals surface area (Å²) in [6.07, 6.45) is 0.585. The lowest BCUT2D eigenvalue weighted by atomic mass is 10.2. The van der Waals surface area contributed by atoms with Crippen molar-refractivity contribution in [3.63, 3.8) is 0 Å². The quantitative estimate of drug-likeness (QED) is 0.568. The number of nitrogens with zero attached hydrogens (tertiary/aromatic N) is 1. The van der Waals surface area contributed by atoms with Crippen LogP contribution < -0.4 is 11.0 Å². The van der Waals surface area contributed by atoms with Crippen molar-refractivity contribution in [2.45, 2.75) is 17.1 Å². The van der Waals surface area contributed by atoms with Crippen LogP contribution in [0.2, 0.25) is 0 Å². The minimum Gasteiger partial charge on any atom is -0.326 e. The summed E-state index contributed by atoms with van der Waals surface area (Å²) < 4.78 is 26.1. The number of amides is 1. The van der Waals surface area contributed by atoms with E-state index in [0.717, 1.165) is 0 Å². The molecule has 0 fully saturated rings. The number of carbonyl (C=O) groups excluding carboxylic acids is 1. The number of H-pyrrole nitrogens is 2. The molecule has 0 atom stereocenters. The predicted octanol–water partition coefficient (Wildman–Crippen LogP) is 1.96. The number of anilines is 1. The van der Waals surface area contributed by atoms with Gasteiger partial charge in [-0.15, -0.1) is 11.3 Å². The molecule has 2 heterocycles. The maximum absolute atomic E-state index is 12.3. The minimum absolute atomic E-state index is 0.187. The summed E-state index contributed by atoms with van der Waals surface area (Å²) in [6.45, 7) is 0.248. The van der Waals surface area contributed by atoms with Crippen LogP contribution in [-0.2, 0) is 14.8 Å². The van der Waals surface area contributed by atoms with Crippen LogP contribution in [0.4, 0.5) is 5.69 Å². The van der Waals surface area contributed by atoms with Gasteiger partial charge in [-0.1, -0.05) is 6.07 Å². The van der Waals surface area contributed by atoms with E-state index in [0.29, 0.717) is 27.4 Å². The van der Waals surface area contributed by atoms with Crippen molar-refractivity contribution in [2.24, 2.45) is 0 Å². The molecule has 3 N–H and O–H groups in total. The Balaban J connectivity index is 1.52. The number of imidazole rings is 1. The molecule has 1 amide bonds. The van der Waals surface area contributed by atoms with Crippen LogP contribution in [0.1, 0.15) is 12.8 Å². The van der Waals surface area contributed by atoms with Crippen LogP contribution >= 0.6 is 11.3 Å². The molecular weight excluding hydrogens is 376 g/mol. The van der Waals surface area contributed by atoms with Gasteiger partial charge in [0.15, 0.2) is 0 Å². The Labute approximate surface area is 153 Å². The van der Waals surface area contributed by atoms with Crippen LogP contribution in [0.25, 0.3) is 11.0 Å². The van der Waals surface area contributed by atoms with Gasteiger partial charge in [-0.2, -0.15) is 0 Å². The highest BCUT2D eigenvalue weighted by Crippen LogP contribution is 2.20. The first-order valence-corrected chi connectivity index (χ1v) is 10.2. The summed E-state index contributed by atoms with van der Waals surface area (Å²) in [6, 6.07) is 8.30. The minimum atomic E-state index is -3.49. The molecule has 1 aromatic carbocycles. The van der Waals surface area contributed by atoms with Gasteiger partial charge in [-0.3, -0.25) is 4.79 Å². The normalized spacial score (nSPS) is 11.9. The Morgan fingerprint density at radius 2 is 2.00 bits per heavy atom. The zero-order valence-corrected chi connectivity index (χ0v) is 15.6. The number of fused-ring (bicyclic) bond motifs is 1. The third-order valence-electron chi connectivity index (χ3n) is 3.84. The predicted molar refractivity (Wildman–Crippen MR) is 101 cm³/mol. The highest BCUT2D eigenvalue weighted by Gasteiger charge is 2.21. The third kappa shape index (κ3) is 4.03. The topological polar surface area (TPSA) is 115 Å². The molecular formula is C16H18N4O4S2. The van der Waals surface area contributed by atoms with Crippen molar-refractivity contribution >= 4 is 44.0 Å². The largest absolute Gasteiger partial charge is 0.326 e. The number of aromatic nitrogens is 2. The van der Waals surface area contributed by atoms with E-state index in [4.69, 9.17) is 0 Å². The van der Waals surface area contributed by atoms with Crippen molar-refractivity contribution in [1.82, 2.24) is 14.3 Å². The van der Waals surface area contributed by atoms with Crippen molar-refractivity contribution in [1.29, 1.82) is 0 Å². The van der Waals surface area contributed by atoms with E-state index in [9.17, 15) is 18.0 Å². The summed E-state index contributed by atoms with van der Waals surface area (Å²) in [5.41, 5.74) is 1.53. The average molecular weight is 394 g/mol. The van der Waals surface area contributed by atoms with E-state index < -0.39 is 10.0 Å². The van der Waals surface area contributed by atoms with Gasteiger partial charge in [0.05, 0.1) is 11.0 Å². The van der Waals surface area contributed by atoms with E-state index >= 15 is 0 Å². The molecule has 0 radical (unpaired) electrons. The second kappa shape index (κ2) is 7.44. The summed E-state index contributed by atoms with van der Waals surface area (Å²) in [5, 5.41) is 4.45. The molecule has 0 unspecified atom stereocenters. The molecule has 0 saturated heterocycles. The van der Waals surface area contributed by atoms with E-state index in [-0.39, 0.29) is 24.6 Å². The number of hydrogen-bond donors (Lipinski definition) is 3. The van der Waals surface area contributed by atoms with Gasteiger partial charge in [-0.05, 0) is 36.1 Å². The van der Waals surface area contributed by atoms with Gasteiger partial charge in [0.25, 0.3) is 10.0 Å².